The third-order valence-electron chi connectivity index (χ3n) is 5.08. The molecule has 0 aromatic heterocycles. The minimum Gasteiger partial charge on any atom is -0.506 e. The van der Waals surface area contributed by atoms with Crippen molar-refractivity contribution in [2.75, 3.05) is 6.61 Å². The van der Waals surface area contributed by atoms with Crippen molar-refractivity contribution in [2.24, 2.45) is 4.99 Å². The molecule has 4 rings (SSSR count). The van der Waals surface area contributed by atoms with Gasteiger partial charge in [0.2, 0.25) is 0 Å². The first-order chi connectivity index (χ1) is 17.5. The van der Waals surface area contributed by atoms with Gasteiger partial charge in [-0.1, -0.05) is 60.3 Å². The number of halogens is 1. The number of amides is 1. The van der Waals surface area contributed by atoms with Crippen molar-refractivity contribution in [3.63, 3.8) is 0 Å². The first-order valence-electron chi connectivity index (χ1n) is 11.1. The molecule has 1 heterocycles. The molecule has 182 valence electrons. The largest absolute Gasteiger partial charge is 0.506 e. The van der Waals surface area contributed by atoms with Crippen molar-refractivity contribution < 1.29 is 28.6 Å². The summed E-state index contributed by atoms with van der Waals surface area (Å²) in [4.78, 5) is 29.7. The molecule has 0 bridgehead atoms. The first kappa shape index (κ1) is 24.9. The molecule has 6 nitrogen and oxygen atoms in total. The molecule has 0 fully saturated rings. The Bertz CT molecular complexity index is 1380. The number of esters is 1. The third-order valence-corrected chi connectivity index (χ3v) is 6.10. The summed E-state index contributed by atoms with van der Waals surface area (Å²) in [5, 5.41) is 11.0. The van der Waals surface area contributed by atoms with Crippen LogP contribution in [0.3, 0.4) is 0 Å². The summed E-state index contributed by atoms with van der Waals surface area (Å²) in [6.07, 6.45) is 1.63. The van der Waals surface area contributed by atoms with Gasteiger partial charge in [0.15, 0.2) is 0 Å². The van der Waals surface area contributed by atoms with Crippen LogP contribution >= 0.6 is 11.8 Å². The molecule has 0 aliphatic carbocycles. The molecule has 8 heteroatoms. The molecule has 36 heavy (non-hydrogen) atoms. The summed E-state index contributed by atoms with van der Waals surface area (Å²) in [6, 6.07) is 21.6. The monoisotopic (exact) mass is 503 g/mol. The van der Waals surface area contributed by atoms with Crippen molar-refractivity contribution in [3.05, 3.63) is 118 Å². The van der Waals surface area contributed by atoms with Crippen LogP contribution in [0.5, 0.6) is 5.75 Å². The van der Waals surface area contributed by atoms with Gasteiger partial charge in [-0.3, -0.25) is 4.79 Å². The van der Waals surface area contributed by atoms with E-state index in [1.807, 2.05) is 0 Å². The van der Waals surface area contributed by atoms with E-state index in [0.717, 1.165) is 11.8 Å². The van der Waals surface area contributed by atoms with E-state index in [4.69, 9.17) is 9.47 Å². The van der Waals surface area contributed by atoms with E-state index in [0.29, 0.717) is 27.3 Å². The Balaban J connectivity index is 1.65. The van der Waals surface area contributed by atoms with E-state index >= 15 is 0 Å². The predicted molar refractivity (Wildman–Crippen MR) is 137 cm³/mol. The maximum Gasteiger partial charge on any atom is 0.344 e. The van der Waals surface area contributed by atoms with Gasteiger partial charge < -0.3 is 14.6 Å². The quantitative estimate of drug-likeness (QED) is 0.392. The number of thioether (sulfide) groups is 1. The second kappa shape index (κ2) is 11.5. The van der Waals surface area contributed by atoms with Crippen LogP contribution in [0.1, 0.15) is 28.4 Å². The van der Waals surface area contributed by atoms with Gasteiger partial charge >= 0.3 is 5.97 Å². The molecule has 3 aromatic rings. The predicted octanol–water partition coefficient (Wildman–Crippen LogP) is 6.11. The Kier molecular flexibility index (Phi) is 7.97. The molecule has 0 atom stereocenters. The van der Waals surface area contributed by atoms with E-state index < -0.39 is 11.9 Å². The van der Waals surface area contributed by atoms with E-state index in [1.54, 1.807) is 79.7 Å². The van der Waals surface area contributed by atoms with Gasteiger partial charge in [-0.25, -0.2) is 14.2 Å². The van der Waals surface area contributed by atoms with Crippen molar-refractivity contribution in [1.29, 1.82) is 0 Å². The van der Waals surface area contributed by atoms with E-state index in [2.05, 4.69) is 4.99 Å². The van der Waals surface area contributed by atoms with Crippen molar-refractivity contribution in [1.82, 2.24) is 0 Å². The van der Waals surface area contributed by atoms with Gasteiger partial charge in [-0.15, -0.1) is 0 Å². The lowest BCUT2D eigenvalue weighted by Crippen LogP contribution is -2.14. The van der Waals surface area contributed by atoms with Crippen molar-refractivity contribution >= 4 is 34.8 Å². The van der Waals surface area contributed by atoms with E-state index in [-0.39, 0.29) is 35.4 Å². The standard InChI is InChI=1S/C28H22FNO5S/c1-2-34-28(33)24-25(31)23(36-27(24)30-26(32)19-10-4-3-5-11-19)16-20-12-6-7-14-22(20)35-17-18-9-8-13-21(29)15-18/h3-16,31H,2,17H2,1H3/b23-16-,30-27?. The summed E-state index contributed by atoms with van der Waals surface area (Å²) >= 11 is 0.984. The SMILES string of the molecule is CCOC(=O)C1=C(O)/C(=C/c2ccccc2OCc2cccc(F)c2)SC1=NC(=O)c1ccccc1. The molecule has 1 amide bonds. The molecule has 0 saturated heterocycles. The van der Waals surface area contributed by atoms with Crippen LogP contribution in [0.2, 0.25) is 0 Å². The van der Waals surface area contributed by atoms with Gasteiger partial charge in [0.25, 0.3) is 5.91 Å². The fraction of sp³-hybridized carbons (Fsp3) is 0.107. The maximum atomic E-state index is 13.5. The van der Waals surface area contributed by atoms with Crippen LogP contribution in [0.15, 0.2) is 100 Å². The third kappa shape index (κ3) is 5.90. The van der Waals surface area contributed by atoms with Crippen LogP contribution in [-0.4, -0.2) is 28.6 Å². The van der Waals surface area contributed by atoms with Crippen molar-refractivity contribution in [2.45, 2.75) is 13.5 Å². The first-order valence-corrected chi connectivity index (χ1v) is 11.9. The number of nitrogens with zero attached hydrogens (tertiary/aromatic N) is 1. The zero-order valence-electron chi connectivity index (χ0n) is 19.3. The highest BCUT2D eigenvalue weighted by molar-refractivity contribution is 8.18. The summed E-state index contributed by atoms with van der Waals surface area (Å²) in [6.45, 7) is 1.88. The summed E-state index contributed by atoms with van der Waals surface area (Å²) < 4.78 is 24.5. The number of aliphatic imine (C=N–C) groups is 1. The Morgan fingerprint density at radius 2 is 1.78 bits per heavy atom. The number of aliphatic hydroxyl groups excluding tert-OH is 1. The zero-order chi connectivity index (χ0) is 25.5. The number of rotatable bonds is 7. The van der Waals surface area contributed by atoms with Gasteiger partial charge in [0.05, 0.1) is 11.5 Å². The molecule has 1 aliphatic rings. The van der Waals surface area contributed by atoms with Crippen LogP contribution in [0.4, 0.5) is 4.39 Å². The number of hydrogen-bond donors (Lipinski definition) is 1. The summed E-state index contributed by atoms with van der Waals surface area (Å²) in [5.74, 6) is -1.52. The van der Waals surface area contributed by atoms with Gasteiger partial charge in [-0.05, 0) is 48.9 Å². The highest BCUT2D eigenvalue weighted by Crippen LogP contribution is 2.40. The van der Waals surface area contributed by atoms with Crippen molar-refractivity contribution in [3.8, 4) is 5.75 Å². The molecule has 1 aliphatic heterocycles. The minimum absolute atomic E-state index is 0.0456. The van der Waals surface area contributed by atoms with E-state index in [1.165, 1.54) is 12.1 Å². The summed E-state index contributed by atoms with van der Waals surface area (Å²) in [7, 11) is 0. The Morgan fingerprint density at radius 1 is 1.03 bits per heavy atom. The van der Waals surface area contributed by atoms with Gasteiger partial charge in [-0.2, -0.15) is 0 Å². The maximum absolute atomic E-state index is 13.5. The van der Waals surface area contributed by atoms with Gasteiger partial charge in [0, 0.05) is 11.1 Å². The molecule has 0 radical (unpaired) electrons. The normalized spacial score (nSPS) is 15.4. The lowest BCUT2D eigenvalue weighted by molar-refractivity contribution is -0.138. The fourth-order valence-electron chi connectivity index (χ4n) is 3.39. The van der Waals surface area contributed by atoms with Crippen LogP contribution in [0, 0.1) is 5.82 Å². The Morgan fingerprint density at radius 3 is 2.53 bits per heavy atom. The number of benzene rings is 3. The average Bonchev–Trinajstić information content (AvgIpc) is 3.18. The average molecular weight is 504 g/mol. The highest BCUT2D eigenvalue weighted by atomic mass is 32.2. The Hall–Kier alpha value is -4.17. The number of hydrogen-bond acceptors (Lipinski definition) is 6. The summed E-state index contributed by atoms with van der Waals surface area (Å²) in [5.41, 5.74) is 1.45. The number of ether oxygens (including phenoxy) is 2. The minimum atomic E-state index is -0.777. The molecular weight excluding hydrogens is 481 g/mol. The number of para-hydroxylation sites is 1. The van der Waals surface area contributed by atoms with Crippen LogP contribution in [0.25, 0.3) is 6.08 Å². The van der Waals surface area contributed by atoms with Crippen LogP contribution < -0.4 is 4.74 Å². The molecule has 1 N–H and O–H groups in total. The fourth-order valence-corrected chi connectivity index (χ4v) is 4.39. The van der Waals surface area contributed by atoms with Crippen LogP contribution in [-0.2, 0) is 16.1 Å². The highest BCUT2D eigenvalue weighted by Gasteiger charge is 2.34. The molecule has 3 aromatic carbocycles. The number of carbonyl (C=O) groups excluding carboxylic acids is 2. The molecule has 0 spiro atoms. The zero-order valence-corrected chi connectivity index (χ0v) is 20.1. The number of aliphatic hydroxyl groups is 1. The topological polar surface area (TPSA) is 85.2 Å². The molecule has 0 saturated carbocycles. The van der Waals surface area contributed by atoms with Gasteiger partial charge in [0.1, 0.15) is 34.5 Å². The number of carbonyl (C=O) groups is 2. The second-order valence-electron chi connectivity index (χ2n) is 7.60. The lowest BCUT2D eigenvalue weighted by atomic mass is 10.1. The second-order valence-corrected chi connectivity index (χ2v) is 8.63. The molecular formula is C28H22FNO5S. The molecule has 0 unspecified atom stereocenters. The smallest absolute Gasteiger partial charge is 0.344 e. The Labute approximate surface area is 211 Å². The lowest BCUT2D eigenvalue weighted by Gasteiger charge is -2.10. The van der Waals surface area contributed by atoms with E-state index in [9.17, 15) is 19.1 Å².